The van der Waals surface area contributed by atoms with Crippen LogP contribution in [0.2, 0.25) is 0 Å². The molecule has 0 radical (unpaired) electrons. The molecular formula is C20H33NO2. The normalized spacial score (nSPS) is 24.4. The monoisotopic (exact) mass is 319 g/mol. The predicted octanol–water partition coefficient (Wildman–Crippen LogP) is 5.07. The molecule has 0 heterocycles. The van der Waals surface area contributed by atoms with Gasteiger partial charge in [0, 0.05) is 19.7 Å². The fraction of sp³-hybridized carbons (Fsp3) is 0.750. The van der Waals surface area contributed by atoms with E-state index in [1.165, 1.54) is 31.3 Å². The van der Waals surface area contributed by atoms with Crippen LogP contribution in [0.15, 0.2) is 28.8 Å². The van der Waals surface area contributed by atoms with E-state index >= 15 is 0 Å². The largest absolute Gasteiger partial charge is 0.474 e. The lowest BCUT2D eigenvalue weighted by molar-refractivity contribution is 0.0815. The first-order valence-electron chi connectivity index (χ1n) is 9.25. The van der Waals surface area contributed by atoms with Crippen molar-refractivity contribution >= 4 is 5.90 Å². The van der Waals surface area contributed by atoms with Gasteiger partial charge in [0.15, 0.2) is 0 Å². The van der Waals surface area contributed by atoms with Gasteiger partial charge in [-0.15, -0.1) is 0 Å². The van der Waals surface area contributed by atoms with Gasteiger partial charge in [-0.3, -0.25) is 4.99 Å². The Morgan fingerprint density at radius 1 is 1.30 bits per heavy atom. The summed E-state index contributed by atoms with van der Waals surface area (Å²) in [6.07, 6.45) is 13.6. The van der Waals surface area contributed by atoms with Crippen LogP contribution in [0.4, 0.5) is 0 Å². The number of ether oxygens (including phenoxy) is 2. The van der Waals surface area contributed by atoms with Crippen LogP contribution in [0, 0.1) is 5.92 Å². The Labute approximate surface area is 141 Å². The smallest absolute Gasteiger partial charge is 0.215 e. The van der Waals surface area contributed by atoms with Crippen LogP contribution in [-0.4, -0.2) is 32.3 Å². The van der Waals surface area contributed by atoms with E-state index in [0.717, 1.165) is 43.6 Å². The van der Waals surface area contributed by atoms with Crippen molar-refractivity contribution in [3.8, 4) is 0 Å². The molecule has 0 aromatic rings. The molecule has 0 spiro atoms. The molecule has 2 aliphatic rings. The molecule has 0 amide bonds. The lowest BCUT2D eigenvalue weighted by Crippen LogP contribution is -2.24. The average Bonchev–Trinajstić information content (AvgIpc) is 3.06. The van der Waals surface area contributed by atoms with Crippen LogP contribution in [0.5, 0.6) is 0 Å². The summed E-state index contributed by atoms with van der Waals surface area (Å²) in [5.74, 6) is 1.28. The van der Waals surface area contributed by atoms with E-state index in [0.29, 0.717) is 18.1 Å². The summed E-state index contributed by atoms with van der Waals surface area (Å²) in [5, 5.41) is 0. The molecule has 1 fully saturated rings. The zero-order chi connectivity index (χ0) is 16.7. The van der Waals surface area contributed by atoms with Crippen molar-refractivity contribution in [2.24, 2.45) is 10.9 Å². The van der Waals surface area contributed by atoms with Gasteiger partial charge < -0.3 is 9.47 Å². The highest BCUT2D eigenvalue weighted by atomic mass is 16.5. The minimum atomic E-state index is 0.321. The summed E-state index contributed by atoms with van der Waals surface area (Å²) in [6.45, 7) is 6.50. The molecule has 2 atom stereocenters. The minimum Gasteiger partial charge on any atom is -0.474 e. The van der Waals surface area contributed by atoms with E-state index in [1.54, 1.807) is 0 Å². The van der Waals surface area contributed by atoms with E-state index in [2.05, 4.69) is 24.6 Å². The number of rotatable bonds is 7. The van der Waals surface area contributed by atoms with Gasteiger partial charge in [0.1, 0.15) is 6.10 Å². The third kappa shape index (κ3) is 4.94. The molecule has 0 saturated heterocycles. The zero-order valence-electron chi connectivity index (χ0n) is 15.1. The number of nitrogens with zero attached hydrogens (tertiary/aromatic N) is 1. The number of hydrogen-bond donors (Lipinski definition) is 0. The van der Waals surface area contributed by atoms with Gasteiger partial charge in [0.05, 0.1) is 6.10 Å². The van der Waals surface area contributed by atoms with Crippen molar-refractivity contribution in [3.05, 3.63) is 23.8 Å². The van der Waals surface area contributed by atoms with Gasteiger partial charge >= 0.3 is 0 Å². The average molecular weight is 319 g/mol. The Kier molecular flexibility index (Phi) is 7.35. The molecule has 0 aromatic heterocycles. The van der Waals surface area contributed by atoms with Crippen molar-refractivity contribution in [2.75, 3.05) is 14.2 Å². The lowest BCUT2D eigenvalue weighted by Gasteiger charge is -2.26. The van der Waals surface area contributed by atoms with Crippen LogP contribution in [0.25, 0.3) is 0 Å². The van der Waals surface area contributed by atoms with Crippen molar-refractivity contribution in [3.63, 3.8) is 0 Å². The second kappa shape index (κ2) is 9.27. The molecule has 1 saturated carbocycles. The quantitative estimate of drug-likeness (QED) is 0.484. The molecule has 3 heteroatoms. The van der Waals surface area contributed by atoms with Crippen molar-refractivity contribution < 1.29 is 9.47 Å². The number of aliphatic imine (C=N–C) groups is 1. The van der Waals surface area contributed by atoms with Crippen LogP contribution < -0.4 is 0 Å². The van der Waals surface area contributed by atoms with Crippen molar-refractivity contribution in [2.45, 2.75) is 76.9 Å². The molecule has 2 aliphatic carbocycles. The van der Waals surface area contributed by atoms with Crippen LogP contribution in [0.3, 0.4) is 0 Å². The molecule has 0 unspecified atom stereocenters. The molecule has 130 valence electrons. The first kappa shape index (κ1) is 18.3. The van der Waals surface area contributed by atoms with Gasteiger partial charge in [-0.1, -0.05) is 26.0 Å². The Morgan fingerprint density at radius 2 is 2.04 bits per heavy atom. The molecule has 0 aliphatic heterocycles. The third-order valence-corrected chi connectivity index (χ3v) is 5.30. The highest BCUT2D eigenvalue weighted by Gasteiger charge is 2.27. The fourth-order valence-corrected chi connectivity index (χ4v) is 3.85. The fourth-order valence-electron chi connectivity index (χ4n) is 3.85. The summed E-state index contributed by atoms with van der Waals surface area (Å²) in [7, 11) is 3.63. The Balaban J connectivity index is 1.98. The van der Waals surface area contributed by atoms with E-state index in [4.69, 9.17) is 9.47 Å². The van der Waals surface area contributed by atoms with Gasteiger partial charge in [-0.05, 0) is 62.9 Å². The van der Waals surface area contributed by atoms with Gasteiger partial charge in [-0.2, -0.15) is 0 Å². The first-order chi connectivity index (χ1) is 11.2. The van der Waals surface area contributed by atoms with Crippen LogP contribution in [0.1, 0.15) is 64.7 Å². The van der Waals surface area contributed by atoms with Crippen LogP contribution in [-0.2, 0) is 9.47 Å². The van der Waals surface area contributed by atoms with E-state index in [1.807, 2.05) is 14.2 Å². The number of allylic oxidation sites excluding steroid dienone is 1. The SMILES string of the molecule is C=C(C1=CCC[C@@H]1C[C@@H](CC)OC)/C(=N\C)OC1CCCCC1. The van der Waals surface area contributed by atoms with E-state index in [-0.39, 0.29) is 0 Å². The summed E-state index contributed by atoms with van der Waals surface area (Å²) >= 11 is 0. The van der Waals surface area contributed by atoms with Gasteiger partial charge in [0.2, 0.25) is 5.90 Å². The Bertz CT molecular complexity index is 443. The second-order valence-corrected chi connectivity index (χ2v) is 6.82. The summed E-state index contributed by atoms with van der Waals surface area (Å²) in [4.78, 5) is 4.40. The maximum atomic E-state index is 6.20. The first-order valence-corrected chi connectivity index (χ1v) is 9.25. The maximum absolute atomic E-state index is 6.20. The third-order valence-electron chi connectivity index (χ3n) is 5.30. The lowest BCUT2D eigenvalue weighted by atomic mass is 9.89. The summed E-state index contributed by atoms with van der Waals surface area (Å²) in [5.41, 5.74) is 2.32. The number of methoxy groups -OCH3 is 1. The predicted molar refractivity (Wildman–Crippen MR) is 97.0 cm³/mol. The summed E-state index contributed by atoms with van der Waals surface area (Å²) in [6, 6.07) is 0. The molecular weight excluding hydrogens is 286 g/mol. The highest BCUT2D eigenvalue weighted by Crippen LogP contribution is 2.36. The molecule has 0 N–H and O–H groups in total. The topological polar surface area (TPSA) is 30.8 Å². The zero-order valence-corrected chi connectivity index (χ0v) is 15.1. The van der Waals surface area contributed by atoms with Crippen molar-refractivity contribution in [1.29, 1.82) is 0 Å². The standard InChI is InChI=1S/C20H33NO2/c1-5-17(22-4)14-16-10-9-13-19(16)15(2)20(21-3)23-18-11-7-6-8-12-18/h13,16-18H,2,5-12,14H2,1,3-4H3/b21-20+/t16-,17-/m1/s1. The van der Waals surface area contributed by atoms with Gasteiger partial charge in [0.25, 0.3) is 0 Å². The molecule has 2 rings (SSSR count). The minimum absolute atomic E-state index is 0.321. The Hall–Kier alpha value is -1.09. The molecule has 0 aromatic carbocycles. The molecule has 23 heavy (non-hydrogen) atoms. The Morgan fingerprint density at radius 3 is 2.65 bits per heavy atom. The molecule has 3 nitrogen and oxygen atoms in total. The number of hydrogen-bond acceptors (Lipinski definition) is 3. The highest BCUT2D eigenvalue weighted by molar-refractivity contribution is 5.97. The maximum Gasteiger partial charge on any atom is 0.215 e. The van der Waals surface area contributed by atoms with Gasteiger partial charge in [-0.25, -0.2) is 0 Å². The van der Waals surface area contributed by atoms with E-state index in [9.17, 15) is 0 Å². The molecule has 0 bridgehead atoms. The van der Waals surface area contributed by atoms with Crippen LogP contribution >= 0.6 is 0 Å². The summed E-state index contributed by atoms with van der Waals surface area (Å²) < 4.78 is 11.8. The van der Waals surface area contributed by atoms with Crippen molar-refractivity contribution in [1.82, 2.24) is 0 Å². The van der Waals surface area contributed by atoms with E-state index < -0.39 is 0 Å². The second-order valence-electron chi connectivity index (χ2n) is 6.82.